The summed E-state index contributed by atoms with van der Waals surface area (Å²) in [4.78, 5) is 51.2. The quantitative estimate of drug-likeness (QED) is 0.260. The SMILES string of the molecule is O=C1NC(=O)C(c2ccc(Oc3ccc(OC(F)(F)F)cc3)cc2)(N2CC3(CN(CC4CNC4)CCO3)C2)C(=O)N1.O=CO. The fourth-order valence-corrected chi connectivity index (χ4v) is 5.86. The Morgan fingerprint density at radius 1 is 0.932 bits per heavy atom. The van der Waals surface area contributed by atoms with Crippen LogP contribution in [0.1, 0.15) is 5.56 Å². The van der Waals surface area contributed by atoms with Gasteiger partial charge in [-0.3, -0.25) is 34.8 Å². The Labute approximate surface area is 249 Å². The molecule has 0 unspecified atom stereocenters. The van der Waals surface area contributed by atoms with Gasteiger partial charge < -0.3 is 24.6 Å². The van der Waals surface area contributed by atoms with Gasteiger partial charge in [0.15, 0.2) is 0 Å². The van der Waals surface area contributed by atoms with Gasteiger partial charge in [0.2, 0.25) is 5.54 Å². The number of amides is 4. The van der Waals surface area contributed by atoms with E-state index < -0.39 is 35.3 Å². The summed E-state index contributed by atoms with van der Waals surface area (Å²) in [6, 6.07) is 10.2. The Kier molecular flexibility index (Phi) is 8.78. The Hall–Kier alpha value is -4.25. The molecule has 4 amide bonds. The number of ether oxygens (including phenoxy) is 3. The molecule has 13 nitrogen and oxygen atoms in total. The summed E-state index contributed by atoms with van der Waals surface area (Å²) in [5, 5.41) is 14.6. The number of likely N-dealkylation sites (tertiary alicyclic amines) is 1. The van der Waals surface area contributed by atoms with Crippen molar-refractivity contribution >= 4 is 24.3 Å². The van der Waals surface area contributed by atoms with Crippen molar-refractivity contribution in [2.45, 2.75) is 17.5 Å². The summed E-state index contributed by atoms with van der Waals surface area (Å²) >= 11 is 0. The first kappa shape index (κ1) is 31.2. The lowest BCUT2D eigenvalue weighted by Gasteiger charge is -2.59. The lowest BCUT2D eigenvalue weighted by atomic mass is 9.78. The molecule has 0 saturated carbocycles. The summed E-state index contributed by atoms with van der Waals surface area (Å²) in [6.07, 6.45) is -4.80. The van der Waals surface area contributed by atoms with Crippen molar-refractivity contribution in [3.05, 3.63) is 54.1 Å². The second kappa shape index (κ2) is 12.4. The maximum absolute atomic E-state index is 13.4. The van der Waals surface area contributed by atoms with Crippen LogP contribution in [0, 0.1) is 5.92 Å². The number of nitrogens with one attached hydrogen (secondary N) is 3. The minimum atomic E-state index is -4.80. The van der Waals surface area contributed by atoms with E-state index in [1.54, 1.807) is 17.0 Å². The predicted octanol–water partition coefficient (Wildman–Crippen LogP) is 1.25. The van der Waals surface area contributed by atoms with Crippen molar-refractivity contribution in [1.29, 1.82) is 0 Å². The molecule has 6 rings (SSSR count). The first-order chi connectivity index (χ1) is 21.0. The number of halogens is 3. The van der Waals surface area contributed by atoms with E-state index in [9.17, 15) is 27.6 Å². The standard InChI is InChI=1S/C27H28F3N5O6.CH2O2/c28-27(29,30)41-21-7-5-20(6-8-21)40-19-3-1-18(2-4-19)26(22(36)32-24(38)33-23(26)37)35-15-25(16-35)14-34(9-10-39-25)13-17-11-31-12-17;2-1-3/h1-8,17,31H,9-16H2,(H2,32,33,36,37,38);1H,(H,2,3). The zero-order valence-corrected chi connectivity index (χ0v) is 23.3. The van der Waals surface area contributed by atoms with E-state index in [-0.39, 0.29) is 18.0 Å². The number of benzene rings is 2. The van der Waals surface area contributed by atoms with Gasteiger partial charge in [-0.05, 0) is 47.9 Å². The zero-order valence-electron chi connectivity index (χ0n) is 23.3. The molecule has 0 aliphatic carbocycles. The summed E-state index contributed by atoms with van der Waals surface area (Å²) in [6.45, 7) is 5.36. The summed E-state index contributed by atoms with van der Waals surface area (Å²) < 4.78 is 53.0. The fourth-order valence-electron chi connectivity index (χ4n) is 5.86. The number of hydrogen-bond acceptors (Lipinski definition) is 10. The van der Waals surface area contributed by atoms with Crippen LogP contribution in [0.3, 0.4) is 0 Å². The third-order valence-corrected chi connectivity index (χ3v) is 7.82. The third kappa shape index (κ3) is 6.47. The van der Waals surface area contributed by atoms with Crippen molar-refractivity contribution in [3.63, 3.8) is 0 Å². The van der Waals surface area contributed by atoms with E-state index in [2.05, 4.69) is 25.6 Å². The molecule has 4 saturated heterocycles. The molecule has 4 fully saturated rings. The Morgan fingerprint density at radius 3 is 2.00 bits per heavy atom. The van der Waals surface area contributed by atoms with E-state index in [1.807, 2.05) is 0 Å². The molecular weight excluding hydrogens is 591 g/mol. The van der Waals surface area contributed by atoms with Crippen LogP contribution in [0.5, 0.6) is 17.2 Å². The average Bonchev–Trinajstić information content (AvgIpc) is 2.91. The van der Waals surface area contributed by atoms with E-state index >= 15 is 0 Å². The molecule has 4 N–H and O–H groups in total. The second-order valence-electron chi connectivity index (χ2n) is 10.8. The molecule has 4 aliphatic rings. The Bertz CT molecular complexity index is 1360. The molecule has 44 heavy (non-hydrogen) atoms. The number of carbonyl (C=O) groups excluding carboxylic acids is 3. The number of barbiturate groups is 1. The lowest BCUT2D eigenvalue weighted by Crippen LogP contribution is -2.80. The lowest BCUT2D eigenvalue weighted by molar-refractivity contribution is -0.274. The molecule has 4 heterocycles. The van der Waals surface area contributed by atoms with Gasteiger partial charge in [0.05, 0.1) is 6.61 Å². The number of alkyl halides is 3. The van der Waals surface area contributed by atoms with Crippen molar-refractivity contribution in [2.24, 2.45) is 5.92 Å². The minimum Gasteiger partial charge on any atom is -0.483 e. The molecule has 2 aromatic carbocycles. The smallest absolute Gasteiger partial charge is 0.483 e. The van der Waals surface area contributed by atoms with Crippen LogP contribution in [-0.2, 0) is 24.7 Å². The van der Waals surface area contributed by atoms with Gasteiger partial charge in [-0.2, -0.15) is 0 Å². The molecule has 1 spiro atoms. The highest BCUT2D eigenvalue weighted by atomic mass is 19.4. The van der Waals surface area contributed by atoms with Crippen molar-refractivity contribution < 1.29 is 51.7 Å². The van der Waals surface area contributed by atoms with Gasteiger partial charge in [0.25, 0.3) is 18.3 Å². The Morgan fingerprint density at radius 2 is 1.48 bits per heavy atom. The summed E-state index contributed by atoms with van der Waals surface area (Å²) in [5.41, 5.74) is -2.02. The fraction of sp³-hybridized carbons (Fsp3) is 0.429. The molecule has 0 radical (unpaired) electrons. The van der Waals surface area contributed by atoms with Crippen LogP contribution in [0.2, 0.25) is 0 Å². The van der Waals surface area contributed by atoms with Gasteiger partial charge in [-0.15, -0.1) is 13.2 Å². The van der Waals surface area contributed by atoms with Crippen molar-refractivity contribution in [1.82, 2.24) is 25.8 Å². The molecular formula is C28H30F3N5O8. The molecule has 16 heteroatoms. The number of urea groups is 1. The first-order valence-electron chi connectivity index (χ1n) is 13.7. The minimum absolute atomic E-state index is 0.250. The van der Waals surface area contributed by atoms with E-state index in [0.717, 1.165) is 38.3 Å². The summed E-state index contributed by atoms with van der Waals surface area (Å²) in [7, 11) is 0. The molecule has 0 bridgehead atoms. The van der Waals surface area contributed by atoms with Gasteiger partial charge in [0, 0.05) is 45.8 Å². The van der Waals surface area contributed by atoms with Crippen molar-refractivity contribution in [3.8, 4) is 17.2 Å². The molecule has 0 atom stereocenters. The first-order valence-corrected chi connectivity index (χ1v) is 13.7. The van der Waals surface area contributed by atoms with E-state index in [4.69, 9.17) is 19.4 Å². The number of hydrogen-bond donors (Lipinski definition) is 4. The van der Waals surface area contributed by atoms with Gasteiger partial charge >= 0.3 is 12.4 Å². The summed E-state index contributed by atoms with van der Waals surface area (Å²) in [5.74, 6) is -0.740. The molecule has 236 valence electrons. The highest BCUT2D eigenvalue weighted by molar-refractivity contribution is 6.22. The van der Waals surface area contributed by atoms with Crippen LogP contribution < -0.4 is 25.4 Å². The highest BCUT2D eigenvalue weighted by Crippen LogP contribution is 2.42. The van der Waals surface area contributed by atoms with Crippen molar-refractivity contribution in [2.75, 3.05) is 52.4 Å². The largest absolute Gasteiger partial charge is 0.573 e. The van der Waals surface area contributed by atoms with Gasteiger partial charge in [-0.25, -0.2) is 4.79 Å². The van der Waals surface area contributed by atoms with Crippen LogP contribution in [-0.4, -0.2) is 104 Å². The number of carboxylic acid groups (broad SMARTS) is 1. The highest BCUT2D eigenvalue weighted by Gasteiger charge is 2.63. The second-order valence-corrected chi connectivity index (χ2v) is 10.8. The van der Waals surface area contributed by atoms with Gasteiger partial charge in [0.1, 0.15) is 22.8 Å². The van der Waals surface area contributed by atoms with Crippen LogP contribution in [0.25, 0.3) is 0 Å². The number of morpholine rings is 1. The number of nitrogens with zero attached hydrogens (tertiary/aromatic N) is 2. The van der Waals surface area contributed by atoms with Crippen LogP contribution in [0.4, 0.5) is 18.0 Å². The third-order valence-electron chi connectivity index (χ3n) is 7.82. The average molecular weight is 622 g/mol. The zero-order chi connectivity index (χ0) is 31.5. The topological polar surface area (TPSA) is 159 Å². The monoisotopic (exact) mass is 621 g/mol. The molecule has 2 aromatic rings. The van der Waals surface area contributed by atoms with Crippen LogP contribution >= 0.6 is 0 Å². The number of carbonyl (C=O) groups is 4. The van der Waals surface area contributed by atoms with E-state index in [1.165, 1.54) is 24.3 Å². The Balaban J connectivity index is 0.00000123. The molecule has 4 aliphatic heterocycles. The number of rotatable bonds is 7. The maximum atomic E-state index is 13.4. The van der Waals surface area contributed by atoms with E-state index in [0.29, 0.717) is 43.5 Å². The number of imide groups is 2. The normalized spacial score (nSPS) is 21.6. The molecule has 0 aromatic heterocycles. The van der Waals surface area contributed by atoms with Gasteiger partial charge in [-0.1, -0.05) is 12.1 Å². The maximum Gasteiger partial charge on any atom is 0.573 e. The van der Waals surface area contributed by atoms with Crippen LogP contribution in [0.15, 0.2) is 48.5 Å². The predicted molar refractivity (Wildman–Crippen MR) is 145 cm³/mol.